The fourth-order valence-electron chi connectivity index (χ4n) is 1.94. The number of rotatable bonds is 7. The van der Waals surface area contributed by atoms with Crippen LogP contribution in [0.3, 0.4) is 0 Å². The summed E-state index contributed by atoms with van der Waals surface area (Å²) in [6.45, 7) is 7.69. The van der Waals surface area contributed by atoms with Crippen molar-refractivity contribution in [2.24, 2.45) is 0 Å². The molecule has 2 rings (SSSR count). The second kappa shape index (κ2) is 7.17. The van der Waals surface area contributed by atoms with E-state index in [1.165, 1.54) is 18.5 Å². The lowest BCUT2D eigenvalue weighted by Gasteiger charge is -2.11. The summed E-state index contributed by atoms with van der Waals surface area (Å²) in [4.78, 5) is 4.13. The van der Waals surface area contributed by atoms with Crippen LogP contribution in [0.4, 0.5) is 4.39 Å². The zero-order valence-electron chi connectivity index (χ0n) is 12.6. The predicted molar refractivity (Wildman–Crippen MR) is 78.4 cm³/mol. The lowest BCUT2D eigenvalue weighted by Crippen LogP contribution is -2.21. The summed E-state index contributed by atoms with van der Waals surface area (Å²) in [5.74, 6) is 0.926. The zero-order valence-corrected chi connectivity index (χ0v) is 12.6. The van der Waals surface area contributed by atoms with Gasteiger partial charge in [-0.15, -0.1) is 0 Å². The summed E-state index contributed by atoms with van der Waals surface area (Å²) in [6, 6.07) is 5.08. The molecule has 6 heteroatoms. The fourth-order valence-corrected chi connectivity index (χ4v) is 1.94. The van der Waals surface area contributed by atoms with Crippen LogP contribution in [0.1, 0.15) is 32.2 Å². The third-order valence-electron chi connectivity index (χ3n) is 3.01. The zero-order chi connectivity index (χ0) is 15.2. The number of ether oxygens (including phenoxy) is 1. The summed E-state index contributed by atoms with van der Waals surface area (Å²) in [5.41, 5.74) is 0.857. The van der Waals surface area contributed by atoms with Crippen molar-refractivity contribution in [2.45, 2.75) is 46.5 Å². The minimum Gasteiger partial charge on any atom is -0.486 e. The van der Waals surface area contributed by atoms with Crippen molar-refractivity contribution in [1.82, 2.24) is 20.1 Å². The van der Waals surface area contributed by atoms with Crippen LogP contribution in [0.2, 0.25) is 0 Å². The topological polar surface area (TPSA) is 52.0 Å². The van der Waals surface area contributed by atoms with E-state index in [4.69, 9.17) is 4.74 Å². The highest BCUT2D eigenvalue weighted by Crippen LogP contribution is 2.17. The number of hydrogen-bond donors (Lipinski definition) is 1. The first kappa shape index (κ1) is 15.4. The standard InChI is InChI=1S/C15H21FN4O/c1-4-20-15(18-10-19-20)9-21-14-6-12(5-13(16)7-14)8-17-11(2)3/h5-7,10-11,17H,4,8-9H2,1-3H3. The van der Waals surface area contributed by atoms with Crippen LogP contribution >= 0.6 is 0 Å². The number of aryl methyl sites for hydroxylation is 1. The van der Waals surface area contributed by atoms with Crippen molar-refractivity contribution in [2.75, 3.05) is 0 Å². The van der Waals surface area contributed by atoms with Gasteiger partial charge in [-0.2, -0.15) is 5.10 Å². The van der Waals surface area contributed by atoms with Gasteiger partial charge in [0.1, 0.15) is 24.5 Å². The Balaban J connectivity index is 2.02. The maximum Gasteiger partial charge on any atom is 0.164 e. The first-order valence-corrected chi connectivity index (χ1v) is 7.10. The van der Waals surface area contributed by atoms with Gasteiger partial charge >= 0.3 is 0 Å². The molecule has 1 heterocycles. The molecule has 0 bridgehead atoms. The summed E-state index contributed by atoms with van der Waals surface area (Å²) in [5, 5.41) is 7.33. The average Bonchev–Trinajstić information content (AvgIpc) is 2.90. The van der Waals surface area contributed by atoms with E-state index in [-0.39, 0.29) is 12.4 Å². The molecule has 0 aliphatic heterocycles. The van der Waals surface area contributed by atoms with Gasteiger partial charge in [0.25, 0.3) is 0 Å². The maximum absolute atomic E-state index is 13.6. The highest BCUT2D eigenvalue weighted by atomic mass is 19.1. The summed E-state index contributed by atoms with van der Waals surface area (Å²) in [7, 11) is 0. The molecule has 0 amide bonds. The van der Waals surface area contributed by atoms with Gasteiger partial charge in [0.2, 0.25) is 0 Å². The highest BCUT2D eigenvalue weighted by molar-refractivity contribution is 5.29. The number of nitrogens with zero attached hydrogens (tertiary/aromatic N) is 3. The molecule has 0 atom stereocenters. The Hall–Kier alpha value is -1.95. The molecule has 21 heavy (non-hydrogen) atoms. The lowest BCUT2D eigenvalue weighted by molar-refractivity contribution is 0.285. The van der Waals surface area contributed by atoms with Crippen LogP contribution in [-0.4, -0.2) is 20.8 Å². The highest BCUT2D eigenvalue weighted by Gasteiger charge is 2.06. The quantitative estimate of drug-likeness (QED) is 0.852. The Morgan fingerprint density at radius 1 is 1.33 bits per heavy atom. The molecule has 0 spiro atoms. The van der Waals surface area contributed by atoms with Gasteiger partial charge in [-0.3, -0.25) is 0 Å². The van der Waals surface area contributed by atoms with Crippen molar-refractivity contribution in [1.29, 1.82) is 0 Å². The molecule has 0 unspecified atom stereocenters. The van der Waals surface area contributed by atoms with Gasteiger partial charge in [0, 0.05) is 25.2 Å². The van der Waals surface area contributed by atoms with Crippen molar-refractivity contribution in [3.63, 3.8) is 0 Å². The van der Waals surface area contributed by atoms with E-state index in [9.17, 15) is 4.39 Å². The smallest absolute Gasteiger partial charge is 0.164 e. The Labute approximate surface area is 124 Å². The largest absolute Gasteiger partial charge is 0.486 e. The molecule has 1 aromatic heterocycles. The van der Waals surface area contributed by atoms with Crippen molar-refractivity contribution < 1.29 is 9.13 Å². The van der Waals surface area contributed by atoms with Crippen LogP contribution in [0.5, 0.6) is 5.75 Å². The van der Waals surface area contributed by atoms with Crippen LogP contribution in [0.15, 0.2) is 24.5 Å². The van der Waals surface area contributed by atoms with Gasteiger partial charge in [-0.1, -0.05) is 13.8 Å². The van der Waals surface area contributed by atoms with E-state index in [2.05, 4.69) is 15.4 Å². The van der Waals surface area contributed by atoms with Crippen LogP contribution in [-0.2, 0) is 19.7 Å². The second-order valence-corrected chi connectivity index (χ2v) is 5.11. The molecule has 114 valence electrons. The third-order valence-corrected chi connectivity index (χ3v) is 3.01. The Morgan fingerprint density at radius 3 is 2.86 bits per heavy atom. The molecule has 0 saturated heterocycles. The summed E-state index contributed by atoms with van der Waals surface area (Å²) < 4.78 is 21.0. The van der Waals surface area contributed by atoms with Crippen molar-refractivity contribution >= 4 is 0 Å². The van der Waals surface area contributed by atoms with Crippen LogP contribution in [0, 0.1) is 5.82 Å². The second-order valence-electron chi connectivity index (χ2n) is 5.11. The third kappa shape index (κ3) is 4.53. The van der Waals surface area contributed by atoms with Gasteiger partial charge in [-0.25, -0.2) is 14.1 Å². The number of hydrogen-bond acceptors (Lipinski definition) is 4. The number of benzene rings is 1. The van der Waals surface area contributed by atoms with Crippen molar-refractivity contribution in [3.05, 3.63) is 41.7 Å². The Bertz CT molecular complexity index is 583. The van der Waals surface area contributed by atoms with Gasteiger partial charge in [0.05, 0.1) is 0 Å². The first-order valence-electron chi connectivity index (χ1n) is 7.10. The normalized spacial score (nSPS) is 11.1. The average molecular weight is 292 g/mol. The number of halogens is 1. The summed E-state index contributed by atoms with van der Waals surface area (Å²) in [6.07, 6.45) is 1.49. The molecule has 1 aromatic carbocycles. The molecule has 1 N–H and O–H groups in total. The molecule has 0 aliphatic carbocycles. The molecule has 0 fully saturated rings. The summed E-state index contributed by atoms with van der Waals surface area (Å²) >= 11 is 0. The Morgan fingerprint density at radius 2 is 2.14 bits per heavy atom. The molecule has 0 aliphatic rings. The first-order chi connectivity index (χ1) is 10.1. The fraction of sp³-hybridized carbons (Fsp3) is 0.467. The molecular weight excluding hydrogens is 271 g/mol. The van der Waals surface area contributed by atoms with E-state index < -0.39 is 0 Å². The minimum atomic E-state index is -0.301. The van der Waals surface area contributed by atoms with E-state index in [0.29, 0.717) is 18.3 Å². The molecule has 5 nitrogen and oxygen atoms in total. The molecule has 0 saturated carbocycles. The van der Waals surface area contributed by atoms with Crippen LogP contribution < -0.4 is 10.1 Å². The van der Waals surface area contributed by atoms with Gasteiger partial charge < -0.3 is 10.1 Å². The van der Waals surface area contributed by atoms with Gasteiger partial charge in [-0.05, 0) is 24.6 Å². The predicted octanol–water partition coefficient (Wildman–Crippen LogP) is 2.51. The molecule has 0 radical (unpaired) electrons. The molecular formula is C15H21FN4O. The number of aromatic nitrogens is 3. The van der Waals surface area contributed by atoms with E-state index >= 15 is 0 Å². The molecule has 2 aromatic rings. The van der Waals surface area contributed by atoms with E-state index in [0.717, 1.165) is 17.9 Å². The van der Waals surface area contributed by atoms with Crippen molar-refractivity contribution in [3.8, 4) is 5.75 Å². The maximum atomic E-state index is 13.6. The van der Waals surface area contributed by atoms with E-state index in [1.54, 1.807) is 4.68 Å². The Kier molecular flexibility index (Phi) is 5.27. The monoisotopic (exact) mass is 292 g/mol. The number of nitrogens with one attached hydrogen (secondary N) is 1. The SMILES string of the molecule is CCn1ncnc1COc1cc(F)cc(CNC(C)C)c1. The van der Waals surface area contributed by atoms with Crippen LogP contribution in [0.25, 0.3) is 0 Å². The van der Waals surface area contributed by atoms with E-state index in [1.807, 2.05) is 26.8 Å². The lowest BCUT2D eigenvalue weighted by atomic mass is 10.2. The minimum absolute atomic E-state index is 0.272. The van der Waals surface area contributed by atoms with Gasteiger partial charge in [0.15, 0.2) is 5.82 Å².